The van der Waals surface area contributed by atoms with Gasteiger partial charge in [0.25, 0.3) is 0 Å². The van der Waals surface area contributed by atoms with Crippen LogP contribution in [0.3, 0.4) is 0 Å². The van der Waals surface area contributed by atoms with Crippen LogP contribution in [0.25, 0.3) is 11.1 Å². The van der Waals surface area contributed by atoms with Crippen LogP contribution in [0.2, 0.25) is 0 Å². The number of carbonyl (C=O) groups excluding carboxylic acids is 2. The van der Waals surface area contributed by atoms with E-state index in [1.807, 2.05) is 43.3 Å². The topological polar surface area (TPSA) is 71.1 Å². The first-order chi connectivity index (χ1) is 13.6. The number of ether oxygens (including phenoxy) is 1. The molecule has 0 amide bonds. The number of rotatable bonds is 10. The van der Waals surface area contributed by atoms with Crippen molar-refractivity contribution in [3.63, 3.8) is 0 Å². The summed E-state index contributed by atoms with van der Waals surface area (Å²) in [5, 5.41) is 4.28. The molecule has 0 N–H and O–H groups in total. The number of benzene rings is 2. The van der Waals surface area contributed by atoms with Gasteiger partial charge in [0.05, 0.1) is 17.2 Å². The van der Waals surface area contributed by atoms with Crippen molar-refractivity contribution < 1.29 is 29.1 Å². The average Bonchev–Trinajstić information content (AvgIpc) is 2.74. The van der Waals surface area contributed by atoms with Crippen molar-refractivity contribution in [1.29, 1.82) is 0 Å². The highest BCUT2D eigenvalue weighted by Crippen LogP contribution is 2.20. The van der Waals surface area contributed by atoms with Gasteiger partial charge in [0.15, 0.2) is 0 Å². The Bertz CT molecular complexity index is 744. The molecule has 0 bridgehead atoms. The Kier molecular flexibility index (Phi) is 9.01. The van der Waals surface area contributed by atoms with Crippen LogP contribution in [0, 0.1) is 5.92 Å². The minimum atomic E-state index is -1.04. The fourth-order valence-corrected chi connectivity index (χ4v) is 2.69. The highest BCUT2D eigenvalue weighted by Gasteiger charge is 2.15. The first-order valence-corrected chi connectivity index (χ1v) is 9.51. The van der Waals surface area contributed by atoms with Crippen molar-refractivity contribution in [2.45, 2.75) is 39.5 Å². The van der Waals surface area contributed by atoms with Gasteiger partial charge in [0.2, 0.25) is 0 Å². The Hall–Kier alpha value is -2.86. The van der Waals surface area contributed by atoms with E-state index in [0.29, 0.717) is 0 Å². The predicted molar refractivity (Wildman–Crippen MR) is 104 cm³/mol. The molecule has 1 unspecified atom stereocenters. The molecular weight excluding hydrogens is 360 g/mol. The van der Waals surface area contributed by atoms with Gasteiger partial charge in [0, 0.05) is 0 Å². The maximum Gasteiger partial charge on any atom is 0.543 e. The van der Waals surface area contributed by atoms with Crippen molar-refractivity contribution in [3.05, 3.63) is 60.2 Å². The molecule has 0 aliphatic rings. The third kappa shape index (κ3) is 7.04. The van der Waals surface area contributed by atoms with Crippen molar-refractivity contribution in [2.75, 3.05) is 6.61 Å². The summed E-state index contributed by atoms with van der Waals surface area (Å²) in [6, 6.07) is 16.5. The van der Waals surface area contributed by atoms with E-state index in [2.05, 4.69) is 21.7 Å². The van der Waals surface area contributed by atoms with Crippen molar-refractivity contribution in [1.82, 2.24) is 0 Å². The monoisotopic (exact) mass is 386 g/mol. The van der Waals surface area contributed by atoms with Crippen LogP contribution in [0.5, 0.6) is 0 Å². The smallest absolute Gasteiger partial charge is 0.432 e. The summed E-state index contributed by atoms with van der Waals surface area (Å²) >= 11 is 0. The average molecular weight is 386 g/mol. The zero-order valence-corrected chi connectivity index (χ0v) is 16.3. The van der Waals surface area contributed by atoms with E-state index >= 15 is 0 Å². The van der Waals surface area contributed by atoms with E-state index in [0.717, 1.165) is 36.8 Å². The molecule has 6 nitrogen and oxygen atoms in total. The minimum Gasteiger partial charge on any atom is -0.432 e. The summed E-state index contributed by atoms with van der Waals surface area (Å²) < 4.78 is 4.98. The molecule has 0 heterocycles. The van der Waals surface area contributed by atoms with Crippen LogP contribution in [0.15, 0.2) is 54.6 Å². The van der Waals surface area contributed by atoms with E-state index in [-0.39, 0.29) is 18.1 Å². The van der Waals surface area contributed by atoms with Gasteiger partial charge < -0.3 is 4.74 Å². The molecule has 0 radical (unpaired) electrons. The van der Waals surface area contributed by atoms with Crippen molar-refractivity contribution in [2.24, 2.45) is 5.92 Å². The molecule has 2 aromatic carbocycles. The molecule has 0 spiro atoms. The molecule has 150 valence electrons. The van der Waals surface area contributed by atoms with Gasteiger partial charge in [-0.25, -0.2) is 14.5 Å². The van der Waals surface area contributed by atoms with Gasteiger partial charge in [-0.3, -0.25) is 4.89 Å². The second-order valence-electron chi connectivity index (χ2n) is 6.45. The zero-order chi connectivity index (χ0) is 20.2. The largest absolute Gasteiger partial charge is 0.543 e. The first kappa shape index (κ1) is 21.4. The lowest BCUT2D eigenvalue weighted by Gasteiger charge is -2.13. The highest BCUT2D eigenvalue weighted by molar-refractivity contribution is 5.90. The van der Waals surface area contributed by atoms with Crippen LogP contribution in [0.1, 0.15) is 49.9 Å². The van der Waals surface area contributed by atoms with Gasteiger partial charge in [-0.05, 0) is 35.6 Å². The second-order valence-corrected chi connectivity index (χ2v) is 6.45. The minimum absolute atomic E-state index is 0.242. The summed E-state index contributed by atoms with van der Waals surface area (Å²) in [5.74, 6) is -0.504. The standard InChI is InChI=1S/C22H26O6/c1-3-5-10-17(4-2)16-25-22(24)27-28-26-21(23)20-14-9-13-19(15-20)18-11-7-6-8-12-18/h6-9,11-15,17H,3-5,10,16H2,1-2H3. The van der Waals surface area contributed by atoms with Crippen LogP contribution in [0.4, 0.5) is 4.79 Å². The molecule has 6 heteroatoms. The molecule has 0 saturated heterocycles. The van der Waals surface area contributed by atoms with Crippen LogP contribution in [-0.2, 0) is 19.6 Å². The Balaban J connectivity index is 1.77. The SMILES string of the molecule is CCCCC(CC)COC(=O)OOOC(=O)c1cccc(-c2ccccc2)c1. The molecular formula is C22H26O6. The molecule has 2 aromatic rings. The van der Waals surface area contributed by atoms with Crippen LogP contribution >= 0.6 is 0 Å². The van der Waals surface area contributed by atoms with E-state index in [4.69, 9.17) is 4.74 Å². The van der Waals surface area contributed by atoms with E-state index in [1.54, 1.807) is 18.2 Å². The number of unbranched alkanes of at least 4 members (excludes halogenated alkanes) is 1. The number of hydrogen-bond acceptors (Lipinski definition) is 6. The van der Waals surface area contributed by atoms with Gasteiger partial charge in [0.1, 0.15) is 0 Å². The van der Waals surface area contributed by atoms with Crippen molar-refractivity contribution >= 4 is 12.1 Å². The lowest BCUT2D eigenvalue weighted by atomic mass is 10.0. The van der Waals surface area contributed by atoms with Crippen molar-refractivity contribution in [3.8, 4) is 11.1 Å². The second kappa shape index (κ2) is 11.8. The van der Waals surface area contributed by atoms with E-state index in [1.165, 1.54) is 0 Å². The fraction of sp³-hybridized carbons (Fsp3) is 0.364. The summed E-state index contributed by atoms with van der Waals surface area (Å²) in [4.78, 5) is 32.5. The molecule has 0 saturated carbocycles. The number of carbonyl (C=O) groups is 2. The first-order valence-electron chi connectivity index (χ1n) is 9.51. The molecule has 1 atom stereocenters. The van der Waals surface area contributed by atoms with Gasteiger partial charge >= 0.3 is 12.1 Å². The third-order valence-corrected chi connectivity index (χ3v) is 4.40. The van der Waals surface area contributed by atoms with Gasteiger partial charge in [-0.2, -0.15) is 0 Å². The molecule has 0 aliphatic carbocycles. The van der Waals surface area contributed by atoms with Gasteiger partial charge in [-0.15, -0.1) is 0 Å². The summed E-state index contributed by atoms with van der Waals surface area (Å²) in [6.45, 7) is 4.39. The molecule has 0 aliphatic heterocycles. The summed E-state index contributed by atoms with van der Waals surface area (Å²) in [6.07, 6.45) is 3.01. The highest BCUT2D eigenvalue weighted by atomic mass is 17.5. The Morgan fingerprint density at radius 1 is 0.929 bits per heavy atom. The van der Waals surface area contributed by atoms with Crippen LogP contribution in [-0.4, -0.2) is 18.7 Å². The Morgan fingerprint density at radius 2 is 1.68 bits per heavy atom. The quantitative estimate of drug-likeness (QED) is 0.295. The van der Waals surface area contributed by atoms with Crippen LogP contribution < -0.4 is 0 Å². The molecule has 0 fully saturated rings. The number of hydrogen-bond donors (Lipinski definition) is 0. The summed E-state index contributed by atoms with van der Waals surface area (Å²) in [5.41, 5.74) is 2.09. The molecule has 0 aromatic heterocycles. The van der Waals surface area contributed by atoms with Gasteiger partial charge in [-0.1, -0.05) is 75.6 Å². The molecule has 2 rings (SSSR count). The maximum absolute atomic E-state index is 12.1. The summed E-state index contributed by atoms with van der Waals surface area (Å²) in [7, 11) is 0. The van der Waals surface area contributed by atoms with E-state index in [9.17, 15) is 9.59 Å². The van der Waals surface area contributed by atoms with E-state index < -0.39 is 12.1 Å². The third-order valence-electron chi connectivity index (χ3n) is 4.40. The molecule has 28 heavy (non-hydrogen) atoms. The lowest BCUT2D eigenvalue weighted by molar-refractivity contribution is -0.452. The lowest BCUT2D eigenvalue weighted by Crippen LogP contribution is -2.16. The maximum atomic E-state index is 12.1. The predicted octanol–water partition coefficient (Wildman–Crippen LogP) is 5.73. The Labute approximate surface area is 165 Å². The fourth-order valence-electron chi connectivity index (χ4n) is 2.69. The zero-order valence-electron chi connectivity index (χ0n) is 16.3. The Morgan fingerprint density at radius 3 is 2.39 bits per heavy atom. The normalized spacial score (nSPS) is 11.5.